The van der Waals surface area contributed by atoms with E-state index in [4.69, 9.17) is 0 Å². The van der Waals surface area contributed by atoms with Crippen LogP contribution in [-0.2, 0) is 9.53 Å². The number of rotatable bonds is 5. The van der Waals surface area contributed by atoms with Crippen LogP contribution in [0.3, 0.4) is 0 Å². The van der Waals surface area contributed by atoms with Gasteiger partial charge in [-0.15, -0.1) is 0 Å². The number of alkyl halides is 9. The van der Waals surface area contributed by atoms with Gasteiger partial charge in [-0.25, -0.2) is 4.79 Å². The summed E-state index contributed by atoms with van der Waals surface area (Å²) >= 11 is 0. The maximum atomic E-state index is 12.4. The minimum absolute atomic E-state index is 0.197. The molecular weight excluding hydrogens is 275 g/mol. The van der Waals surface area contributed by atoms with Crippen LogP contribution in [0.2, 0.25) is 0 Å². The summed E-state index contributed by atoms with van der Waals surface area (Å²) in [7, 11) is 0. The van der Waals surface area contributed by atoms with Crippen molar-refractivity contribution < 1.29 is 49.0 Å². The summed E-state index contributed by atoms with van der Waals surface area (Å²) in [6, 6.07) is 0. The molecule has 0 atom stereocenters. The molecule has 0 fully saturated rings. The van der Waals surface area contributed by atoms with E-state index < -0.39 is 30.6 Å². The van der Waals surface area contributed by atoms with E-state index in [9.17, 15) is 44.3 Å². The van der Waals surface area contributed by atoms with Crippen molar-refractivity contribution in [3.05, 3.63) is 0 Å². The van der Waals surface area contributed by atoms with Crippen molar-refractivity contribution in [2.45, 2.75) is 23.9 Å². The molecule has 1 radical (unpaired) electrons. The van der Waals surface area contributed by atoms with Crippen LogP contribution in [0, 0.1) is 0 Å². The summed E-state index contributed by atoms with van der Waals surface area (Å²) in [6.45, 7) is -2.46. The molecule has 0 unspecified atom stereocenters. The Morgan fingerprint density at radius 3 is 1.53 bits per heavy atom. The van der Waals surface area contributed by atoms with Crippen LogP contribution in [0.4, 0.5) is 39.5 Å². The molecule has 0 spiro atoms. The molecule has 0 aromatic rings. The van der Waals surface area contributed by atoms with Crippen molar-refractivity contribution >= 4 is 6.47 Å². The van der Waals surface area contributed by atoms with Gasteiger partial charge in [0, 0.05) is 0 Å². The first kappa shape index (κ1) is 15.8. The Hall–Kier alpha value is -1.16. The van der Waals surface area contributed by atoms with E-state index in [1.54, 1.807) is 0 Å². The lowest BCUT2D eigenvalue weighted by atomic mass is 10.0. The summed E-state index contributed by atoms with van der Waals surface area (Å²) in [5.41, 5.74) is 0. The maximum Gasteiger partial charge on any atom is 0.460 e. The Kier molecular flexibility index (Phi) is 3.97. The van der Waals surface area contributed by atoms with E-state index in [0.29, 0.717) is 0 Å². The molecule has 2 nitrogen and oxygen atoms in total. The highest BCUT2D eigenvalue weighted by atomic mass is 19.4. The first-order valence-electron chi connectivity index (χ1n) is 3.50. The average Bonchev–Trinajstić information content (AvgIpc) is 2.12. The Morgan fingerprint density at radius 2 is 1.24 bits per heavy atom. The van der Waals surface area contributed by atoms with E-state index in [1.165, 1.54) is 0 Å². The number of carbonyl (C=O) groups excluding carboxylic acids is 1. The van der Waals surface area contributed by atoms with Crippen molar-refractivity contribution in [2.24, 2.45) is 0 Å². The lowest BCUT2D eigenvalue weighted by molar-refractivity contribution is -0.398. The summed E-state index contributed by atoms with van der Waals surface area (Å²) in [6.07, 6.45) is -6.88. The van der Waals surface area contributed by atoms with Crippen molar-refractivity contribution in [3.63, 3.8) is 0 Å². The van der Waals surface area contributed by atoms with E-state index in [1.807, 2.05) is 0 Å². The SMILES string of the molecule is O=[C]OCC(F)(F)C(F)(F)C(F)(F)C(F)(F)F. The van der Waals surface area contributed by atoms with Gasteiger partial charge in [0.25, 0.3) is 0 Å². The summed E-state index contributed by atoms with van der Waals surface area (Å²) in [4.78, 5) is 9.29. The molecule has 0 N–H and O–H groups in total. The standard InChI is InChI=1S/C6H2F9O2/c7-3(8,1-17-2-16)4(9,10)5(11,12)6(13,14)15/h1H2. The van der Waals surface area contributed by atoms with Crippen LogP contribution in [0.5, 0.6) is 0 Å². The van der Waals surface area contributed by atoms with Crippen LogP contribution in [-0.4, -0.2) is 37.0 Å². The molecule has 0 saturated heterocycles. The van der Waals surface area contributed by atoms with Crippen LogP contribution >= 0.6 is 0 Å². The lowest BCUT2D eigenvalue weighted by Crippen LogP contribution is -2.62. The molecule has 0 heterocycles. The second kappa shape index (κ2) is 4.26. The van der Waals surface area contributed by atoms with E-state index in [-0.39, 0.29) is 6.47 Å². The third kappa shape index (κ3) is 2.57. The normalized spacial score (nSPS) is 14.6. The molecule has 0 aliphatic carbocycles. The fourth-order valence-corrected chi connectivity index (χ4v) is 0.618. The van der Waals surface area contributed by atoms with Gasteiger partial charge >= 0.3 is 30.4 Å². The molecule has 11 heteroatoms. The molecule has 0 aromatic heterocycles. The van der Waals surface area contributed by atoms with Gasteiger partial charge in [-0.2, -0.15) is 39.5 Å². The van der Waals surface area contributed by atoms with Gasteiger partial charge in [0.2, 0.25) is 0 Å². The zero-order valence-electron chi connectivity index (χ0n) is 7.43. The van der Waals surface area contributed by atoms with Crippen LogP contribution in [0.15, 0.2) is 0 Å². The molecule has 0 bridgehead atoms. The highest BCUT2D eigenvalue weighted by Crippen LogP contribution is 2.52. The molecule has 0 saturated carbocycles. The molecule has 0 rings (SSSR count). The van der Waals surface area contributed by atoms with Crippen molar-refractivity contribution in [3.8, 4) is 0 Å². The zero-order chi connectivity index (χ0) is 14.1. The molecule has 0 amide bonds. The highest BCUT2D eigenvalue weighted by Gasteiger charge is 2.81. The first-order valence-corrected chi connectivity index (χ1v) is 3.50. The summed E-state index contributed by atoms with van der Waals surface area (Å²) < 4.78 is 111. The minimum Gasteiger partial charge on any atom is -0.451 e. The molecule has 0 aliphatic heterocycles. The Morgan fingerprint density at radius 1 is 0.824 bits per heavy atom. The summed E-state index contributed by atoms with van der Waals surface area (Å²) in [5.74, 6) is -19.6. The largest absolute Gasteiger partial charge is 0.460 e. The molecular formula is C6H2F9O2. The molecule has 0 aliphatic rings. The Labute approximate surface area is 87.3 Å². The van der Waals surface area contributed by atoms with Gasteiger partial charge in [-0.05, 0) is 0 Å². The van der Waals surface area contributed by atoms with Crippen molar-refractivity contribution in [1.29, 1.82) is 0 Å². The number of halogens is 9. The number of hydrogen-bond acceptors (Lipinski definition) is 2. The van der Waals surface area contributed by atoms with Gasteiger partial charge in [-0.3, -0.25) is 0 Å². The first-order chi connectivity index (χ1) is 7.31. The van der Waals surface area contributed by atoms with E-state index in [0.717, 1.165) is 0 Å². The lowest BCUT2D eigenvalue weighted by Gasteiger charge is -2.32. The number of hydrogen-bond donors (Lipinski definition) is 0. The molecule has 0 aromatic carbocycles. The van der Waals surface area contributed by atoms with E-state index >= 15 is 0 Å². The number of ether oxygens (including phenoxy) is 1. The maximum absolute atomic E-state index is 12.4. The van der Waals surface area contributed by atoms with Gasteiger partial charge < -0.3 is 4.74 Å². The fraction of sp³-hybridized carbons (Fsp3) is 0.833. The Bertz CT molecular complexity index is 282. The average molecular weight is 277 g/mol. The van der Waals surface area contributed by atoms with Gasteiger partial charge in [0.15, 0.2) is 6.61 Å². The van der Waals surface area contributed by atoms with Gasteiger partial charge in [-0.1, -0.05) is 0 Å². The van der Waals surface area contributed by atoms with Crippen molar-refractivity contribution in [1.82, 2.24) is 0 Å². The van der Waals surface area contributed by atoms with E-state index in [2.05, 4.69) is 4.74 Å². The quantitative estimate of drug-likeness (QED) is 0.722. The Balaban J connectivity index is 5.31. The third-order valence-corrected chi connectivity index (χ3v) is 1.52. The molecule has 101 valence electrons. The molecule has 17 heavy (non-hydrogen) atoms. The van der Waals surface area contributed by atoms with Gasteiger partial charge in [0.05, 0.1) is 0 Å². The second-order valence-corrected chi connectivity index (χ2v) is 2.72. The second-order valence-electron chi connectivity index (χ2n) is 2.72. The topological polar surface area (TPSA) is 26.3 Å². The van der Waals surface area contributed by atoms with Crippen LogP contribution in [0.25, 0.3) is 0 Å². The smallest absolute Gasteiger partial charge is 0.451 e. The predicted molar refractivity (Wildman–Crippen MR) is 32.5 cm³/mol. The highest BCUT2D eigenvalue weighted by molar-refractivity contribution is 5.38. The van der Waals surface area contributed by atoms with Crippen LogP contribution < -0.4 is 0 Å². The van der Waals surface area contributed by atoms with Gasteiger partial charge in [0.1, 0.15) is 0 Å². The van der Waals surface area contributed by atoms with Crippen LogP contribution in [0.1, 0.15) is 0 Å². The third-order valence-electron chi connectivity index (χ3n) is 1.52. The van der Waals surface area contributed by atoms with Crippen molar-refractivity contribution in [2.75, 3.05) is 6.61 Å². The summed E-state index contributed by atoms with van der Waals surface area (Å²) in [5, 5.41) is 0. The zero-order valence-corrected chi connectivity index (χ0v) is 7.43. The predicted octanol–water partition coefficient (Wildman–Crippen LogP) is 2.54. The fourth-order valence-electron chi connectivity index (χ4n) is 0.618. The minimum atomic E-state index is -6.98. The monoisotopic (exact) mass is 277 g/mol.